The average Bonchev–Trinajstić information content (AvgIpc) is 2.46. The fraction of sp³-hybridized carbons (Fsp3) is 0.714. The minimum Gasteiger partial charge on any atom is -0.390 e. The lowest BCUT2D eigenvalue weighted by molar-refractivity contribution is 0.0417. The SMILES string of the molecule is Cc1csc(C2(C(N)CC(C)(C)O)CCC2)c1. The van der Waals surface area contributed by atoms with Crippen molar-refractivity contribution in [3.63, 3.8) is 0 Å². The summed E-state index contributed by atoms with van der Waals surface area (Å²) in [7, 11) is 0. The smallest absolute Gasteiger partial charge is 0.0606 e. The molecule has 3 heteroatoms. The minimum absolute atomic E-state index is 0.0642. The van der Waals surface area contributed by atoms with Crippen LogP contribution in [0.25, 0.3) is 0 Å². The van der Waals surface area contributed by atoms with Crippen molar-refractivity contribution < 1.29 is 5.11 Å². The van der Waals surface area contributed by atoms with Gasteiger partial charge < -0.3 is 10.8 Å². The van der Waals surface area contributed by atoms with Crippen LogP contribution in [0.2, 0.25) is 0 Å². The van der Waals surface area contributed by atoms with E-state index in [0.29, 0.717) is 6.42 Å². The van der Waals surface area contributed by atoms with E-state index in [1.54, 1.807) is 0 Å². The second kappa shape index (κ2) is 4.38. The van der Waals surface area contributed by atoms with Gasteiger partial charge in [-0.15, -0.1) is 11.3 Å². The summed E-state index contributed by atoms with van der Waals surface area (Å²) < 4.78 is 0. The number of aryl methyl sites for hydroxylation is 1. The van der Waals surface area contributed by atoms with E-state index in [1.165, 1.54) is 29.7 Å². The molecule has 1 aromatic heterocycles. The molecule has 2 nitrogen and oxygen atoms in total. The van der Waals surface area contributed by atoms with Gasteiger partial charge in [0.25, 0.3) is 0 Å². The lowest BCUT2D eigenvalue weighted by Gasteiger charge is -2.47. The lowest BCUT2D eigenvalue weighted by Crippen LogP contribution is -2.52. The Morgan fingerprint density at radius 2 is 2.18 bits per heavy atom. The molecular formula is C14H23NOS. The fourth-order valence-corrected chi connectivity index (χ4v) is 4.01. The van der Waals surface area contributed by atoms with E-state index < -0.39 is 5.60 Å². The normalized spacial score (nSPS) is 21.0. The molecule has 1 aliphatic carbocycles. The van der Waals surface area contributed by atoms with Gasteiger partial charge in [-0.25, -0.2) is 0 Å². The van der Waals surface area contributed by atoms with Gasteiger partial charge in [0.2, 0.25) is 0 Å². The Kier molecular flexibility index (Phi) is 3.36. The van der Waals surface area contributed by atoms with Gasteiger partial charge in [-0.3, -0.25) is 0 Å². The van der Waals surface area contributed by atoms with Gasteiger partial charge in [-0.2, -0.15) is 0 Å². The van der Waals surface area contributed by atoms with Crippen LogP contribution in [0.5, 0.6) is 0 Å². The lowest BCUT2D eigenvalue weighted by atomic mass is 9.61. The van der Waals surface area contributed by atoms with E-state index in [2.05, 4.69) is 18.4 Å². The summed E-state index contributed by atoms with van der Waals surface area (Å²) in [5.74, 6) is 0. The number of thiophene rings is 1. The van der Waals surface area contributed by atoms with Gasteiger partial charge in [-0.1, -0.05) is 6.42 Å². The summed E-state index contributed by atoms with van der Waals surface area (Å²) in [6, 6.07) is 2.34. The number of nitrogens with two attached hydrogens (primary N) is 1. The summed E-state index contributed by atoms with van der Waals surface area (Å²) in [6.45, 7) is 5.83. The highest BCUT2D eigenvalue weighted by molar-refractivity contribution is 7.10. The molecule has 1 aromatic rings. The van der Waals surface area contributed by atoms with Gasteiger partial charge in [0.05, 0.1) is 5.60 Å². The third kappa shape index (κ3) is 2.56. The van der Waals surface area contributed by atoms with Crippen molar-refractivity contribution in [2.24, 2.45) is 5.73 Å². The highest BCUT2D eigenvalue weighted by atomic mass is 32.1. The van der Waals surface area contributed by atoms with E-state index in [-0.39, 0.29) is 11.5 Å². The predicted octanol–water partition coefficient (Wildman–Crippen LogP) is 2.97. The molecule has 1 unspecified atom stereocenters. The van der Waals surface area contributed by atoms with Gasteiger partial charge in [-0.05, 0) is 57.0 Å². The summed E-state index contributed by atoms with van der Waals surface area (Å²) in [5.41, 5.74) is 7.18. The first kappa shape index (κ1) is 13.1. The highest BCUT2D eigenvalue weighted by Crippen LogP contribution is 2.49. The molecule has 1 fully saturated rings. The van der Waals surface area contributed by atoms with Crippen LogP contribution in [0.15, 0.2) is 11.4 Å². The molecule has 96 valence electrons. The van der Waals surface area contributed by atoms with Crippen LogP contribution in [0.3, 0.4) is 0 Å². The maximum Gasteiger partial charge on any atom is 0.0606 e. The Bertz CT molecular complexity index is 387. The van der Waals surface area contributed by atoms with Crippen molar-refractivity contribution in [2.45, 2.75) is 63.5 Å². The van der Waals surface area contributed by atoms with Crippen LogP contribution in [0.4, 0.5) is 0 Å². The van der Waals surface area contributed by atoms with Gasteiger partial charge in [0.1, 0.15) is 0 Å². The maximum absolute atomic E-state index is 9.95. The molecule has 0 aliphatic heterocycles. The van der Waals surface area contributed by atoms with E-state index in [9.17, 15) is 5.11 Å². The van der Waals surface area contributed by atoms with Gasteiger partial charge in [0, 0.05) is 16.3 Å². The van der Waals surface area contributed by atoms with Crippen molar-refractivity contribution in [2.75, 3.05) is 0 Å². The Labute approximate surface area is 108 Å². The quantitative estimate of drug-likeness (QED) is 0.866. The van der Waals surface area contributed by atoms with E-state index >= 15 is 0 Å². The zero-order valence-electron chi connectivity index (χ0n) is 11.0. The average molecular weight is 253 g/mol. The second-order valence-corrected chi connectivity index (χ2v) is 7.03. The van der Waals surface area contributed by atoms with Crippen LogP contribution < -0.4 is 5.73 Å². The first-order valence-corrected chi connectivity index (χ1v) is 7.25. The molecule has 0 radical (unpaired) electrons. The molecule has 17 heavy (non-hydrogen) atoms. The molecule has 0 aromatic carbocycles. The third-order valence-electron chi connectivity index (χ3n) is 3.90. The maximum atomic E-state index is 9.95. The zero-order valence-corrected chi connectivity index (χ0v) is 11.8. The van der Waals surface area contributed by atoms with Crippen LogP contribution in [-0.4, -0.2) is 16.7 Å². The van der Waals surface area contributed by atoms with E-state index in [4.69, 9.17) is 5.73 Å². The molecule has 0 saturated heterocycles. The van der Waals surface area contributed by atoms with Crippen LogP contribution in [0.1, 0.15) is 50.0 Å². The van der Waals surface area contributed by atoms with Crippen molar-refractivity contribution >= 4 is 11.3 Å². The molecule has 3 N–H and O–H groups in total. The largest absolute Gasteiger partial charge is 0.390 e. The molecule has 1 aliphatic rings. The molecule has 1 saturated carbocycles. The summed E-state index contributed by atoms with van der Waals surface area (Å²) in [4.78, 5) is 1.41. The van der Waals surface area contributed by atoms with E-state index in [0.717, 1.165) is 0 Å². The van der Waals surface area contributed by atoms with Crippen molar-refractivity contribution in [3.8, 4) is 0 Å². The van der Waals surface area contributed by atoms with Gasteiger partial charge in [0.15, 0.2) is 0 Å². The van der Waals surface area contributed by atoms with Crippen molar-refractivity contribution in [1.82, 2.24) is 0 Å². The standard InChI is InChI=1S/C14H23NOS/c1-10-7-12(17-9-10)14(5-4-6-14)11(15)8-13(2,3)16/h7,9,11,16H,4-6,8,15H2,1-3H3. The number of rotatable bonds is 4. The monoisotopic (exact) mass is 253 g/mol. The number of aliphatic hydroxyl groups is 1. The van der Waals surface area contributed by atoms with Crippen molar-refractivity contribution in [3.05, 3.63) is 21.9 Å². The highest BCUT2D eigenvalue weighted by Gasteiger charge is 2.46. The molecule has 1 heterocycles. The summed E-state index contributed by atoms with van der Waals surface area (Å²) in [5, 5.41) is 12.1. The molecule has 2 rings (SSSR count). The minimum atomic E-state index is -0.672. The third-order valence-corrected chi connectivity index (χ3v) is 5.16. The number of hydrogen-bond acceptors (Lipinski definition) is 3. The van der Waals surface area contributed by atoms with E-state index in [1.807, 2.05) is 25.2 Å². The molecule has 0 spiro atoms. The van der Waals surface area contributed by atoms with Crippen LogP contribution in [0, 0.1) is 6.92 Å². The van der Waals surface area contributed by atoms with Crippen LogP contribution in [-0.2, 0) is 5.41 Å². The second-order valence-electron chi connectivity index (χ2n) is 6.12. The first-order valence-electron chi connectivity index (χ1n) is 6.37. The van der Waals surface area contributed by atoms with Crippen LogP contribution >= 0.6 is 11.3 Å². The summed E-state index contributed by atoms with van der Waals surface area (Å²) in [6.07, 6.45) is 4.27. The fourth-order valence-electron chi connectivity index (χ4n) is 2.78. The summed E-state index contributed by atoms with van der Waals surface area (Å²) >= 11 is 1.83. The topological polar surface area (TPSA) is 46.2 Å². The Morgan fingerprint density at radius 3 is 2.53 bits per heavy atom. The molecule has 0 bridgehead atoms. The first-order chi connectivity index (χ1) is 7.83. The Balaban J connectivity index is 2.20. The van der Waals surface area contributed by atoms with Crippen molar-refractivity contribution in [1.29, 1.82) is 0 Å². The van der Waals surface area contributed by atoms with Gasteiger partial charge >= 0.3 is 0 Å². The predicted molar refractivity (Wildman–Crippen MR) is 73.5 cm³/mol. The Hall–Kier alpha value is -0.380. The molecule has 1 atom stereocenters. The zero-order chi connectivity index (χ0) is 12.7. The molecule has 0 amide bonds. The Morgan fingerprint density at radius 1 is 1.53 bits per heavy atom. The number of hydrogen-bond donors (Lipinski definition) is 2. The molecular weight excluding hydrogens is 230 g/mol.